The number of aryl methyl sites for hydroxylation is 1. The molecule has 15 heavy (non-hydrogen) atoms. The molecule has 0 saturated heterocycles. The predicted molar refractivity (Wildman–Crippen MR) is 52.6 cm³/mol. The van der Waals surface area contributed by atoms with E-state index in [0.717, 1.165) is 5.76 Å². The summed E-state index contributed by atoms with van der Waals surface area (Å²) in [6.07, 6.45) is 1.80. The quantitative estimate of drug-likeness (QED) is 0.453. The smallest absolute Gasteiger partial charge is 0.354 e. The molecule has 80 valence electrons. The molecule has 0 atom stereocenters. The van der Waals surface area contributed by atoms with E-state index in [4.69, 9.17) is 4.42 Å². The van der Waals surface area contributed by atoms with Gasteiger partial charge in [-0.2, -0.15) is 0 Å². The number of methoxy groups -OCH3 is 1. The second-order valence-electron chi connectivity index (χ2n) is 2.76. The summed E-state index contributed by atoms with van der Waals surface area (Å²) in [6.45, 7) is 1.78. The minimum atomic E-state index is -0.629. The lowest BCUT2D eigenvalue weighted by Crippen LogP contribution is -2.19. The Hall–Kier alpha value is -2.04. The first-order chi connectivity index (χ1) is 7.17. The highest BCUT2D eigenvalue weighted by Crippen LogP contribution is 2.10. The lowest BCUT2D eigenvalue weighted by atomic mass is 10.3. The molecular formula is C10H11NO4. The van der Waals surface area contributed by atoms with Crippen LogP contribution in [-0.4, -0.2) is 19.5 Å². The molecule has 1 heterocycles. The number of rotatable bonds is 4. The van der Waals surface area contributed by atoms with Crippen LogP contribution < -0.4 is 5.32 Å². The second kappa shape index (κ2) is 4.99. The summed E-state index contributed by atoms with van der Waals surface area (Å²) >= 11 is 0. The number of furan rings is 1. The summed E-state index contributed by atoms with van der Waals surface area (Å²) in [5, 5.41) is 2.24. The molecule has 1 aromatic heterocycles. The van der Waals surface area contributed by atoms with Gasteiger partial charge in [0.15, 0.2) is 0 Å². The third kappa shape index (κ3) is 2.98. The molecule has 5 nitrogen and oxygen atoms in total. The zero-order chi connectivity index (χ0) is 11.3. The number of esters is 1. The topological polar surface area (TPSA) is 68.5 Å². The van der Waals surface area contributed by atoms with E-state index in [1.165, 1.54) is 13.2 Å². The monoisotopic (exact) mass is 209 g/mol. The van der Waals surface area contributed by atoms with E-state index in [0.29, 0.717) is 12.2 Å². The number of ether oxygens (including phenoxy) is 1. The van der Waals surface area contributed by atoms with E-state index in [9.17, 15) is 9.59 Å². The second-order valence-corrected chi connectivity index (χ2v) is 2.76. The van der Waals surface area contributed by atoms with Crippen LogP contribution in [0.1, 0.15) is 11.5 Å². The molecule has 0 saturated carbocycles. The van der Waals surface area contributed by atoms with Gasteiger partial charge in [0.2, 0.25) is 6.41 Å². The van der Waals surface area contributed by atoms with Crippen molar-refractivity contribution < 1.29 is 18.7 Å². The highest BCUT2D eigenvalue weighted by molar-refractivity contribution is 5.94. The van der Waals surface area contributed by atoms with Crippen LogP contribution in [0.5, 0.6) is 0 Å². The minimum Gasteiger partial charge on any atom is -0.464 e. The van der Waals surface area contributed by atoms with Gasteiger partial charge in [0.05, 0.1) is 7.11 Å². The van der Waals surface area contributed by atoms with E-state index in [1.54, 1.807) is 19.1 Å². The van der Waals surface area contributed by atoms with Gasteiger partial charge in [0.1, 0.15) is 17.2 Å². The van der Waals surface area contributed by atoms with Crippen LogP contribution in [0.4, 0.5) is 0 Å². The van der Waals surface area contributed by atoms with Crippen molar-refractivity contribution in [1.29, 1.82) is 0 Å². The molecule has 0 spiro atoms. The summed E-state index contributed by atoms with van der Waals surface area (Å²) in [6, 6.07) is 3.44. The van der Waals surface area contributed by atoms with Crippen molar-refractivity contribution in [3.63, 3.8) is 0 Å². The predicted octanol–water partition coefficient (Wildman–Crippen LogP) is 0.848. The zero-order valence-corrected chi connectivity index (χ0v) is 8.44. The molecule has 5 heteroatoms. The van der Waals surface area contributed by atoms with Gasteiger partial charge in [0.25, 0.3) is 0 Å². The van der Waals surface area contributed by atoms with Gasteiger partial charge in [-0.25, -0.2) is 4.79 Å². The zero-order valence-electron chi connectivity index (χ0n) is 8.44. The maximum absolute atomic E-state index is 11.2. The number of carbonyl (C=O) groups excluding carboxylic acids is 2. The molecule has 0 bridgehead atoms. The Morgan fingerprint density at radius 2 is 2.27 bits per heavy atom. The average molecular weight is 209 g/mol. The Morgan fingerprint density at radius 1 is 1.53 bits per heavy atom. The van der Waals surface area contributed by atoms with E-state index < -0.39 is 5.97 Å². The van der Waals surface area contributed by atoms with Gasteiger partial charge >= 0.3 is 5.97 Å². The van der Waals surface area contributed by atoms with Crippen molar-refractivity contribution in [1.82, 2.24) is 5.32 Å². The number of hydrogen-bond donors (Lipinski definition) is 1. The van der Waals surface area contributed by atoms with Gasteiger partial charge in [-0.1, -0.05) is 0 Å². The standard InChI is InChI=1S/C10H11NO4/c1-7-3-4-8(15-7)5-9(11-6-12)10(13)14-2/h3-6H,1-2H3,(H,11,12)/b9-5-. The third-order valence-corrected chi connectivity index (χ3v) is 1.67. The molecule has 0 aromatic carbocycles. The van der Waals surface area contributed by atoms with Crippen LogP contribution in [-0.2, 0) is 14.3 Å². The van der Waals surface area contributed by atoms with Gasteiger partial charge in [-0.15, -0.1) is 0 Å². The number of carbonyl (C=O) groups is 2. The first kappa shape index (κ1) is 11.0. The maximum atomic E-state index is 11.2. The molecule has 1 rings (SSSR count). The first-order valence-corrected chi connectivity index (χ1v) is 4.24. The molecule has 0 radical (unpaired) electrons. The Labute approximate surface area is 86.7 Å². The van der Waals surface area contributed by atoms with Crippen LogP contribution in [0.2, 0.25) is 0 Å². The summed E-state index contributed by atoms with van der Waals surface area (Å²) in [5.74, 6) is 0.565. The van der Waals surface area contributed by atoms with Gasteiger partial charge in [0, 0.05) is 6.08 Å². The van der Waals surface area contributed by atoms with E-state index >= 15 is 0 Å². The Kier molecular flexibility index (Phi) is 3.68. The first-order valence-electron chi connectivity index (χ1n) is 4.24. The molecule has 0 aliphatic rings. The highest BCUT2D eigenvalue weighted by Gasteiger charge is 2.09. The van der Waals surface area contributed by atoms with Crippen LogP contribution >= 0.6 is 0 Å². The van der Waals surface area contributed by atoms with E-state index in [2.05, 4.69) is 10.1 Å². The SMILES string of the molecule is COC(=O)/C(=C/c1ccc(C)o1)NC=O. The van der Waals surface area contributed by atoms with Crippen molar-refractivity contribution in [3.05, 3.63) is 29.4 Å². The Morgan fingerprint density at radius 3 is 2.73 bits per heavy atom. The van der Waals surface area contributed by atoms with Crippen molar-refractivity contribution in [3.8, 4) is 0 Å². The van der Waals surface area contributed by atoms with Crippen LogP contribution in [0.3, 0.4) is 0 Å². The van der Waals surface area contributed by atoms with Crippen molar-refractivity contribution in [2.45, 2.75) is 6.92 Å². The van der Waals surface area contributed by atoms with Crippen molar-refractivity contribution in [2.75, 3.05) is 7.11 Å². The van der Waals surface area contributed by atoms with Crippen molar-refractivity contribution >= 4 is 18.5 Å². The fourth-order valence-electron chi connectivity index (χ4n) is 1.01. The number of hydrogen-bond acceptors (Lipinski definition) is 4. The molecule has 1 aromatic rings. The summed E-state index contributed by atoms with van der Waals surface area (Å²) < 4.78 is 9.69. The van der Waals surface area contributed by atoms with Crippen LogP contribution in [0, 0.1) is 6.92 Å². The fourth-order valence-corrected chi connectivity index (χ4v) is 1.01. The minimum absolute atomic E-state index is 0.0295. The Balaban J connectivity index is 2.92. The molecule has 1 amide bonds. The summed E-state index contributed by atoms with van der Waals surface area (Å²) in [7, 11) is 1.23. The molecule has 0 unspecified atom stereocenters. The lowest BCUT2D eigenvalue weighted by Gasteiger charge is -2.01. The highest BCUT2D eigenvalue weighted by atomic mass is 16.5. The normalized spacial score (nSPS) is 10.9. The van der Waals surface area contributed by atoms with Crippen molar-refractivity contribution in [2.24, 2.45) is 0 Å². The lowest BCUT2D eigenvalue weighted by molar-refractivity contribution is -0.137. The molecular weight excluding hydrogens is 198 g/mol. The molecule has 0 aliphatic carbocycles. The van der Waals surface area contributed by atoms with Gasteiger partial charge in [-0.05, 0) is 19.1 Å². The molecule has 0 fully saturated rings. The van der Waals surface area contributed by atoms with Crippen LogP contribution in [0.25, 0.3) is 6.08 Å². The van der Waals surface area contributed by atoms with Gasteiger partial charge < -0.3 is 14.5 Å². The largest absolute Gasteiger partial charge is 0.464 e. The van der Waals surface area contributed by atoms with Gasteiger partial charge in [-0.3, -0.25) is 4.79 Å². The van der Waals surface area contributed by atoms with E-state index in [1.807, 2.05) is 0 Å². The molecule has 0 aliphatic heterocycles. The van der Waals surface area contributed by atoms with Crippen LogP contribution in [0.15, 0.2) is 22.2 Å². The number of amides is 1. The summed E-state index contributed by atoms with van der Waals surface area (Å²) in [4.78, 5) is 21.4. The molecule has 1 N–H and O–H groups in total. The number of nitrogens with one attached hydrogen (secondary N) is 1. The maximum Gasteiger partial charge on any atom is 0.354 e. The fraction of sp³-hybridized carbons (Fsp3) is 0.200. The third-order valence-electron chi connectivity index (χ3n) is 1.67. The Bertz CT molecular complexity index is 392. The average Bonchev–Trinajstić information content (AvgIpc) is 2.62. The van der Waals surface area contributed by atoms with E-state index in [-0.39, 0.29) is 5.70 Å². The summed E-state index contributed by atoms with van der Waals surface area (Å²) in [5.41, 5.74) is 0.0295.